The summed E-state index contributed by atoms with van der Waals surface area (Å²) < 4.78 is 0. The van der Waals surface area contributed by atoms with E-state index in [1.54, 1.807) is 11.3 Å². The Bertz CT molecular complexity index is 468. The minimum atomic E-state index is 0.0915. The second kappa shape index (κ2) is 5.24. The van der Waals surface area contributed by atoms with Gasteiger partial charge in [0.1, 0.15) is 0 Å². The molecule has 0 saturated heterocycles. The molecule has 2 heterocycles. The number of carbonyl (C=O) groups is 1. The fraction of sp³-hybridized carbons (Fsp3) is 0.500. The van der Waals surface area contributed by atoms with Crippen molar-refractivity contribution in [2.24, 2.45) is 0 Å². The molecule has 0 unspecified atom stereocenters. The fourth-order valence-electron chi connectivity index (χ4n) is 2.55. The third-order valence-electron chi connectivity index (χ3n) is 3.60. The van der Waals surface area contributed by atoms with E-state index in [9.17, 15) is 4.79 Å². The van der Waals surface area contributed by atoms with Crippen molar-refractivity contribution >= 4 is 17.2 Å². The van der Waals surface area contributed by atoms with Crippen molar-refractivity contribution in [3.8, 4) is 0 Å². The molecule has 1 aliphatic carbocycles. The van der Waals surface area contributed by atoms with Crippen molar-refractivity contribution in [3.63, 3.8) is 0 Å². The quantitative estimate of drug-likeness (QED) is 0.817. The van der Waals surface area contributed by atoms with Crippen LogP contribution < -0.4 is 10.6 Å². The highest BCUT2D eigenvalue weighted by Crippen LogP contribution is 2.30. The number of rotatable bonds is 3. The lowest BCUT2D eigenvalue weighted by Crippen LogP contribution is -2.29. The molecular formula is C14H18N2OS. The molecule has 0 radical (unpaired) electrons. The molecule has 1 amide bonds. The maximum atomic E-state index is 12.0. The number of fused-ring (bicyclic) bond motifs is 1. The highest BCUT2D eigenvalue weighted by atomic mass is 32.1. The van der Waals surface area contributed by atoms with E-state index < -0.39 is 0 Å². The van der Waals surface area contributed by atoms with Crippen molar-refractivity contribution in [2.45, 2.75) is 25.7 Å². The molecule has 2 N–H and O–H groups in total. The maximum absolute atomic E-state index is 12.0. The van der Waals surface area contributed by atoms with Crippen molar-refractivity contribution in [1.29, 1.82) is 0 Å². The van der Waals surface area contributed by atoms with Gasteiger partial charge in [-0.25, -0.2) is 0 Å². The van der Waals surface area contributed by atoms with Crippen LogP contribution in [0.2, 0.25) is 0 Å². The fourth-order valence-corrected chi connectivity index (χ4v) is 3.72. The molecule has 3 rings (SSSR count). The lowest BCUT2D eigenvalue weighted by molar-refractivity contribution is 0.0960. The minimum Gasteiger partial charge on any atom is -0.348 e. The SMILES string of the molecule is O=C(NCC1=CCNCC1)c1cc2c(s1)CCC2. The number of amides is 1. The Balaban J connectivity index is 1.59. The van der Waals surface area contributed by atoms with Crippen molar-refractivity contribution in [3.05, 3.63) is 33.0 Å². The molecule has 1 aromatic heterocycles. The lowest BCUT2D eigenvalue weighted by Gasteiger charge is -2.14. The van der Waals surface area contributed by atoms with Gasteiger partial charge in [-0.1, -0.05) is 11.6 Å². The van der Waals surface area contributed by atoms with Gasteiger partial charge in [-0.2, -0.15) is 0 Å². The Kier molecular flexibility index (Phi) is 3.48. The molecule has 0 fully saturated rings. The molecular weight excluding hydrogens is 244 g/mol. The molecule has 0 aromatic carbocycles. The van der Waals surface area contributed by atoms with E-state index in [0.29, 0.717) is 6.54 Å². The Morgan fingerprint density at radius 2 is 2.33 bits per heavy atom. The van der Waals surface area contributed by atoms with Gasteiger partial charge in [0.2, 0.25) is 0 Å². The first-order valence-electron chi connectivity index (χ1n) is 6.61. The maximum Gasteiger partial charge on any atom is 0.261 e. The predicted molar refractivity (Wildman–Crippen MR) is 74.2 cm³/mol. The summed E-state index contributed by atoms with van der Waals surface area (Å²) >= 11 is 1.67. The zero-order valence-electron chi connectivity index (χ0n) is 10.4. The highest BCUT2D eigenvalue weighted by Gasteiger charge is 2.18. The van der Waals surface area contributed by atoms with Gasteiger partial charge in [0.25, 0.3) is 5.91 Å². The topological polar surface area (TPSA) is 41.1 Å². The number of aryl methyl sites for hydroxylation is 2. The van der Waals surface area contributed by atoms with E-state index in [0.717, 1.165) is 37.2 Å². The van der Waals surface area contributed by atoms with Crippen LogP contribution in [0.1, 0.15) is 33.0 Å². The molecule has 1 aliphatic heterocycles. The summed E-state index contributed by atoms with van der Waals surface area (Å²) in [4.78, 5) is 14.4. The van der Waals surface area contributed by atoms with Crippen LogP contribution in [0.4, 0.5) is 0 Å². The molecule has 18 heavy (non-hydrogen) atoms. The van der Waals surface area contributed by atoms with Gasteiger partial charge >= 0.3 is 0 Å². The van der Waals surface area contributed by atoms with E-state index in [4.69, 9.17) is 0 Å². The zero-order chi connectivity index (χ0) is 12.4. The molecule has 4 heteroatoms. The number of nitrogens with one attached hydrogen (secondary N) is 2. The average Bonchev–Trinajstić information content (AvgIpc) is 2.98. The van der Waals surface area contributed by atoms with Crippen LogP contribution in [0.25, 0.3) is 0 Å². The van der Waals surface area contributed by atoms with Crippen LogP contribution in [0.3, 0.4) is 0 Å². The highest BCUT2D eigenvalue weighted by molar-refractivity contribution is 7.14. The van der Waals surface area contributed by atoms with Gasteiger partial charge in [0.05, 0.1) is 4.88 Å². The minimum absolute atomic E-state index is 0.0915. The van der Waals surface area contributed by atoms with Crippen LogP contribution in [0, 0.1) is 0 Å². The van der Waals surface area contributed by atoms with E-state index in [2.05, 4.69) is 22.8 Å². The molecule has 2 aliphatic rings. The summed E-state index contributed by atoms with van der Waals surface area (Å²) in [5.41, 5.74) is 2.73. The van der Waals surface area contributed by atoms with Crippen molar-refractivity contribution < 1.29 is 4.79 Å². The summed E-state index contributed by atoms with van der Waals surface area (Å²) in [6, 6.07) is 2.08. The van der Waals surface area contributed by atoms with Gasteiger partial charge in [0, 0.05) is 18.0 Å². The molecule has 0 saturated carbocycles. The smallest absolute Gasteiger partial charge is 0.261 e. The molecule has 0 spiro atoms. The first-order chi connectivity index (χ1) is 8.83. The number of hydrogen-bond acceptors (Lipinski definition) is 3. The van der Waals surface area contributed by atoms with Crippen LogP contribution in [0.15, 0.2) is 17.7 Å². The zero-order valence-corrected chi connectivity index (χ0v) is 11.2. The van der Waals surface area contributed by atoms with E-state index in [1.165, 1.54) is 22.4 Å². The van der Waals surface area contributed by atoms with E-state index in [-0.39, 0.29) is 5.91 Å². The van der Waals surface area contributed by atoms with Gasteiger partial charge < -0.3 is 10.6 Å². The van der Waals surface area contributed by atoms with Gasteiger partial charge in [-0.05, 0) is 43.9 Å². The number of carbonyl (C=O) groups excluding carboxylic acids is 1. The van der Waals surface area contributed by atoms with Gasteiger partial charge in [-0.15, -0.1) is 11.3 Å². The largest absolute Gasteiger partial charge is 0.348 e. The third kappa shape index (κ3) is 2.49. The third-order valence-corrected chi connectivity index (χ3v) is 4.84. The Hall–Kier alpha value is -1.13. The summed E-state index contributed by atoms with van der Waals surface area (Å²) in [7, 11) is 0. The normalized spacial score (nSPS) is 18.3. The van der Waals surface area contributed by atoms with Crippen LogP contribution >= 0.6 is 11.3 Å². The predicted octanol–water partition coefficient (Wildman–Crippen LogP) is 1.89. The Morgan fingerprint density at radius 3 is 3.11 bits per heavy atom. The van der Waals surface area contributed by atoms with Crippen molar-refractivity contribution in [1.82, 2.24) is 10.6 Å². The molecule has 3 nitrogen and oxygen atoms in total. The first-order valence-corrected chi connectivity index (χ1v) is 7.43. The van der Waals surface area contributed by atoms with Crippen LogP contribution in [-0.2, 0) is 12.8 Å². The first kappa shape index (κ1) is 11.9. The van der Waals surface area contributed by atoms with E-state index in [1.807, 2.05) is 0 Å². The second-order valence-electron chi connectivity index (χ2n) is 4.91. The standard InChI is InChI=1S/C14H18N2OS/c17-14(16-9-10-4-6-15-7-5-10)13-8-11-2-1-3-12(11)18-13/h4,8,15H,1-3,5-7,9H2,(H,16,17). The number of thiophene rings is 1. The molecule has 96 valence electrons. The Morgan fingerprint density at radius 1 is 1.39 bits per heavy atom. The van der Waals surface area contributed by atoms with Crippen molar-refractivity contribution in [2.75, 3.05) is 19.6 Å². The van der Waals surface area contributed by atoms with Crippen LogP contribution in [-0.4, -0.2) is 25.5 Å². The van der Waals surface area contributed by atoms with Gasteiger partial charge in [-0.3, -0.25) is 4.79 Å². The van der Waals surface area contributed by atoms with E-state index >= 15 is 0 Å². The summed E-state index contributed by atoms with van der Waals surface area (Å²) in [5, 5.41) is 6.31. The average molecular weight is 262 g/mol. The summed E-state index contributed by atoms with van der Waals surface area (Å²) in [6.45, 7) is 2.65. The lowest BCUT2D eigenvalue weighted by atomic mass is 10.1. The molecule has 0 atom stereocenters. The van der Waals surface area contributed by atoms with Crippen LogP contribution in [0.5, 0.6) is 0 Å². The number of hydrogen-bond donors (Lipinski definition) is 2. The monoisotopic (exact) mass is 262 g/mol. The Labute approximate surface area is 111 Å². The second-order valence-corrected chi connectivity index (χ2v) is 6.05. The molecule has 1 aromatic rings. The molecule has 0 bridgehead atoms. The summed E-state index contributed by atoms with van der Waals surface area (Å²) in [6.07, 6.45) is 6.78. The summed E-state index contributed by atoms with van der Waals surface area (Å²) in [5.74, 6) is 0.0915. The van der Waals surface area contributed by atoms with Gasteiger partial charge in [0.15, 0.2) is 0 Å².